The van der Waals surface area contributed by atoms with E-state index in [-0.39, 0.29) is 11.9 Å². The molecular formula is C23H18N2O3. The van der Waals surface area contributed by atoms with E-state index in [1.165, 1.54) is 0 Å². The number of hydrogen-bond acceptors (Lipinski definition) is 5. The highest BCUT2D eigenvalue weighted by molar-refractivity contribution is 5.99. The van der Waals surface area contributed by atoms with E-state index in [2.05, 4.69) is 11.1 Å². The zero-order valence-corrected chi connectivity index (χ0v) is 15.4. The van der Waals surface area contributed by atoms with Crippen LogP contribution in [0.2, 0.25) is 0 Å². The summed E-state index contributed by atoms with van der Waals surface area (Å²) in [5, 5.41) is 9.20. The Bertz CT molecular complexity index is 1070. The predicted octanol–water partition coefficient (Wildman–Crippen LogP) is 4.40. The quantitative estimate of drug-likeness (QED) is 0.681. The summed E-state index contributed by atoms with van der Waals surface area (Å²) in [4.78, 5) is 16.1. The predicted molar refractivity (Wildman–Crippen MR) is 103 cm³/mol. The number of aryl methyl sites for hydroxylation is 1. The Labute approximate surface area is 163 Å². The number of hydrogen-bond donors (Lipinski definition) is 0. The van der Waals surface area contributed by atoms with Gasteiger partial charge in [0.05, 0.1) is 23.8 Å². The molecule has 4 rings (SSSR count). The molecule has 28 heavy (non-hydrogen) atoms. The normalized spacial score (nSPS) is 13.8. The summed E-state index contributed by atoms with van der Waals surface area (Å²) in [6, 6.07) is 16.9. The fraction of sp³-hybridized carbons (Fsp3) is 0.174. The lowest BCUT2D eigenvalue weighted by Crippen LogP contribution is -2.16. The van der Waals surface area contributed by atoms with Crippen molar-refractivity contribution < 1.29 is 14.3 Å². The van der Waals surface area contributed by atoms with Crippen LogP contribution in [-0.2, 0) is 0 Å². The van der Waals surface area contributed by atoms with Crippen LogP contribution in [0, 0.1) is 18.3 Å². The highest BCUT2D eigenvalue weighted by Crippen LogP contribution is 2.34. The maximum atomic E-state index is 12.0. The van der Waals surface area contributed by atoms with Crippen molar-refractivity contribution >= 4 is 5.78 Å². The van der Waals surface area contributed by atoms with E-state index in [1.54, 1.807) is 36.7 Å². The van der Waals surface area contributed by atoms with Gasteiger partial charge in [-0.15, -0.1) is 0 Å². The number of ketones is 1. The molecule has 0 radical (unpaired) electrons. The molecule has 2 aromatic carbocycles. The molecule has 1 atom stereocenters. The molecular weight excluding hydrogens is 352 g/mol. The molecule has 2 heterocycles. The van der Waals surface area contributed by atoms with E-state index in [0.29, 0.717) is 35.7 Å². The van der Waals surface area contributed by atoms with Crippen LogP contribution in [0.3, 0.4) is 0 Å². The second kappa shape index (κ2) is 7.53. The Hall–Kier alpha value is -3.65. The fourth-order valence-electron chi connectivity index (χ4n) is 3.29. The largest absolute Gasteiger partial charge is 0.492 e. The molecule has 0 saturated heterocycles. The molecule has 5 nitrogen and oxygen atoms in total. The second-order valence-electron chi connectivity index (χ2n) is 6.64. The lowest BCUT2D eigenvalue weighted by molar-refractivity contribution is 0.0933. The van der Waals surface area contributed by atoms with Crippen LogP contribution in [0.5, 0.6) is 11.5 Å². The van der Waals surface area contributed by atoms with Crippen molar-refractivity contribution in [2.45, 2.75) is 19.4 Å². The van der Waals surface area contributed by atoms with Gasteiger partial charge >= 0.3 is 0 Å². The van der Waals surface area contributed by atoms with Gasteiger partial charge in [0.2, 0.25) is 0 Å². The Morgan fingerprint density at radius 1 is 1.11 bits per heavy atom. The molecule has 5 heteroatoms. The molecule has 0 saturated carbocycles. The number of carbonyl (C=O) groups excluding carboxylic acids is 1. The average molecular weight is 370 g/mol. The molecule has 0 aliphatic carbocycles. The van der Waals surface area contributed by atoms with Gasteiger partial charge in [-0.25, -0.2) is 0 Å². The maximum absolute atomic E-state index is 12.0. The number of pyridine rings is 1. The summed E-state index contributed by atoms with van der Waals surface area (Å²) in [6.45, 7) is 2.29. The first-order valence-corrected chi connectivity index (χ1v) is 9.03. The minimum Gasteiger partial charge on any atom is -0.492 e. The van der Waals surface area contributed by atoms with Crippen molar-refractivity contribution in [1.82, 2.24) is 4.98 Å². The summed E-state index contributed by atoms with van der Waals surface area (Å²) < 4.78 is 11.9. The molecule has 0 amide bonds. The van der Waals surface area contributed by atoms with Crippen molar-refractivity contribution in [3.05, 3.63) is 88.7 Å². The Kier molecular flexibility index (Phi) is 4.77. The monoisotopic (exact) mass is 370 g/mol. The van der Waals surface area contributed by atoms with Crippen LogP contribution < -0.4 is 9.47 Å². The second-order valence-corrected chi connectivity index (χ2v) is 6.64. The van der Waals surface area contributed by atoms with Crippen molar-refractivity contribution in [2.75, 3.05) is 6.61 Å². The highest BCUT2D eigenvalue weighted by Gasteiger charge is 2.21. The first kappa shape index (κ1) is 17.7. The number of rotatable bonds is 4. The fourth-order valence-corrected chi connectivity index (χ4v) is 3.29. The third-order valence-electron chi connectivity index (χ3n) is 4.78. The first-order chi connectivity index (χ1) is 13.7. The minimum absolute atomic E-state index is 0.0844. The summed E-state index contributed by atoms with van der Waals surface area (Å²) in [7, 11) is 0. The van der Waals surface area contributed by atoms with Gasteiger partial charge < -0.3 is 9.47 Å². The molecule has 1 unspecified atom stereocenters. The van der Waals surface area contributed by atoms with E-state index in [9.17, 15) is 10.1 Å². The molecule has 0 spiro atoms. The van der Waals surface area contributed by atoms with Crippen molar-refractivity contribution in [3.8, 4) is 17.6 Å². The van der Waals surface area contributed by atoms with Gasteiger partial charge in [-0.3, -0.25) is 9.78 Å². The van der Waals surface area contributed by atoms with E-state index >= 15 is 0 Å². The van der Waals surface area contributed by atoms with Crippen molar-refractivity contribution in [2.24, 2.45) is 0 Å². The van der Waals surface area contributed by atoms with Gasteiger partial charge in [0, 0.05) is 24.9 Å². The molecule has 1 aromatic heterocycles. The van der Waals surface area contributed by atoms with Gasteiger partial charge in [-0.05, 0) is 53.9 Å². The molecule has 0 fully saturated rings. The zero-order valence-electron chi connectivity index (χ0n) is 15.4. The van der Waals surface area contributed by atoms with E-state index in [4.69, 9.17) is 9.47 Å². The molecule has 3 aromatic rings. The number of aromatic nitrogens is 1. The SMILES string of the molecule is Cc1cc(C(Oc2ccc3c(c2)OCCC3=O)c2ccncc2)ccc1C#N. The molecule has 0 bridgehead atoms. The van der Waals surface area contributed by atoms with Crippen LogP contribution in [0.1, 0.15) is 45.1 Å². The molecule has 0 N–H and O–H groups in total. The number of nitriles is 1. The third-order valence-corrected chi connectivity index (χ3v) is 4.78. The lowest BCUT2D eigenvalue weighted by atomic mass is 9.98. The first-order valence-electron chi connectivity index (χ1n) is 9.03. The number of nitrogens with zero attached hydrogens (tertiary/aromatic N) is 2. The van der Waals surface area contributed by atoms with E-state index in [1.807, 2.05) is 31.2 Å². The Morgan fingerprint density at radius 3 is 2.68 bits per heavy atom. The van der Waals surface area contributed by atoms with Crippen LogP contribution in [0.25, 0.3) is 0 Å². The molecule has 1 aliphatic heterocycles. The van der Waals surface area contributed by atoms with Crippen molar-refractivity contribution in [1.29, 1.82) is 5.26 Å². The maximum Gasteiger partial charge on any atom is 0.169 e. The van der Waals surface area contributed by atoms with Crippen LogP contribution in [0.15, 0.2) is 60.9 Å². The zero-order chi connectivity index (χ0) is 19.5. The van der Waals surface area contributed by atoms with Gasteiger partial charge in [-0.2, -0.15) is 5.26 Å². The number of ether oxygens (including phenoxy) is 2. The number of carbonyl (C=O) groups is 1. The summed E-state index contributed by atoms with van der Waals surface area (Å²) in [6.07, 6.45) is 3.46. The molecule has 138 valence electrons. The highest BCUT2D eigenvalue weighted by atomic mass is 16.5. The Morgan fingerprint density at radius 2 is 1.93 bits per heavy atom. The standard InChI is InChI=1S/C23H18N2O3/c1-15-12-17(2-3-18(15)14-24)23(16-6-9-25-10-7-16)28-19-4-5-20-21(26)8-11-27-22(20)13-19/h2-7,9-10,12-13,23H,8,11H2,1H3. The minimum atomic E-state index is -0.383. The smallest absolute Gasteiger partial charge is 0.169 e. The van der Waals surface area contributed by atoms with Gasteiger partial charge in [0.1, 0.15) is 17.6 Å². The summed E-state index contributed by atoms with van der Waals surface area (Å²) >= 11 is 0. The Balaban J connectivity index is 1.72. The third kappa shape index (κ3) is 3.45. The topological polar surface area (TPSA) is 72.2 Å². The van der Waals surface area contributed by atoms with Gasteiger partial charge in [0.15, 0.2) is 5.78 Å². The van der Waals surface area contributed by atoms with E-state index < -0.39 is 0 Å². The van der Waals surface area contributed by atoms with Crippen LogP contribution >= 0.6 is 0 Å². The van der Waals surface area contributed by atoms with Crippen molar-refractivity contribution in [3.63, 3.8) is 0 Å². The van der Waals surface area contributed by atoms with Gasteiger partial charge in [0.25, 0.3) is 0 Å². The van der Waals surface area contributed by atoms with E-state index in [0.717, 1.165) is 16.7 Å². The summed E-state index contributed by atoms with van der Waals surface area (Å²) in [5.74, 6) is 1.25. The average Bonchev–Trinajstić information content (AvgIpc) is 2.73. The molecule has 1 aliphatic rings. The number of benzene rings is 2. The number of fused-ring (bicyclic) bond motifs is 1. The van der Waals surface area contributed by atoms with Crippen LogP contribution in [0.4, 0.5) is 0 Å². The van der Waals surface area contributed by atoms with Gasteiger partial charge in [-0.1, -0.05) is 12.1 Å². The lowest BCUT2D eigenvalue weighted by Gasteiger charge is -2.22. The summed E-state index contributed by atoms with van der Waals surface area (Å²) in [5.41, 5.74) is 3.99. The van der Waals surface area contributed by atoms with Crippen LogP contribution in [-0.4, -0.2) is 17.4 Å². The number of Topliss-reactive ketones (excluding diaryl/α,β-unsaturated/α-hetero) is 1.